The Morgan fingerprint density at radius 1 is 1.05 bits per heavy atom. The van der Waals surface area contributed by atoms with Crippen molar-refractivity contribution in [3.63, 3.8) is 0 Å². The molecule has 0 aromatic heterocycles. The van der Waals surface area contributed by atoms with E-state index in [0.29, 0.717) is 0 Å². The van der Waals surface area contributed by atoms with Crippen molar-refractivity contribution < 1.29 is 8.60 Å². The first kappa shape index (κ1) is 13.7. The van der Waals surface area contributed by atoms with Gasteiger partial charge in [-0.2, -0.15) is 0 Å². The van der Waals surface area contributed by atoms with Gasteiger partial charge in [0.15, 0.2) is 0 Å². The maximum atomic E-state index is 12.8. The topological polar surface area (TPSA) is 55.1 Å². The standard InChI is InChI=1S/C14H15FN2OS/c1-19(18)17-13-8-4-11(5-9-13)14(16)10-2-6-12(15)7-3-10/h2-9,14,17H,16H2,1H3. The molecule has 0 heterocycles. The zero-order chi connectivity index (χ0) is 13.8. The van der Waals surface area contributed by atoms with Crippen molar-refractivity contribution >= 4 is 16.7 Å². The third-order valence-corrected chi connectivity index (χ3v) is 3.28. The summed E-state index contributed by atoms with van der Waals surface area (Å²) in [5, 5.41) is 0. The second-order valence-electron chi connectivity index (χ2n) is 4.21. The van der Waals surface area contributed by atoms with Crippen molar-refractivity contribution in [3.05, 3.63) is 65.5 Å². The summed E-state index contributed by atoms with van der Waals surface area (Å²) in [6.45, 7) is 0. The first-order chi connectivity index (χ1) is 9.06. The summed E-state index contributed by atoms with van der Waals surface area (Å²) >= 11 is 0. The molecule has 0 bridgehead atoms. The largest absolute Gasteiger partial charge is 0.320 e. The van der Waals surface area contributed by atoms with Crippen molar-refractivity contribution in [2.45, 2.75) is 6.04 Å². The molecule has 2 atom stereocenters. The van der Waals surface area contributed by atoms with Gasteiger partial charge in [-0.05, 0) is 35.4 Å². The van der Waals surface area contributed by atoms with Gasteiger partial charge in [0, 0.05) is 11.9 Å². The summed E-state index contributed by atoms with van der Waals surface area (Å²) in [6, 6.07) is 13.2. The minimum Gasteiger partial charge on any atom is -0.320 e. The quantitative estimate of drug-likeness (QED) is 0.903. The Labute approximate surface area is 114 Å². The summed E-state index contributed by atoms with van der Waals surface area (Å²) in [5.41, 5.74) is 8.65. The van der Waals surface area contributed by atoms with Crippen molar-refractivity contribution in [1.29, 1.82) is 0 Å². The van der Waals surface area contributed by atoms with Gasteiger partial charge in [-0.3, -0.25) is 0 Å². The van der Waals surface area contributed by atoms with Gasteiger partial charge < -0.3 is 10.5 Å². The molecule has 2 unspecified atom stereocenters. The molecule has 0 spiro atoms. The van der Waals surface area contributed by atoms with Gasteiger partial charge in [0.05, 0.1) is 6.04 Å². The maximum Gasteiger partial charge on any atom is 0.123 e. The fourth-order valence-corrected chi connectivity index (χ4v) is 2.26. The molecule has 0 aliphatic carbocycles. The van der Waals surface area contributed by atoms with E-state index in [1.807, 2.05) is 24.3 Å². The average Bonchev–Trinajstić information content (AvgIpc) is 2.39. The Balaban J connectivity index is 2.17. The predicted octanol–water partition coefficient (Wildman–Crippen LogP) is 2.58. The smallest absolute Gasteiger partial charge is 0.123 e. The van der Waals surface area contributed by atoms with E-state index in [1.54, 1.807) is 18.4 Å². The number of halogens is 1. The van der Waals surface area contributed by atoms with E-state index >= 15 is 0 Å². The Morgan fingerprint density at radius 3 is 2.00 bits per heavy atom. The zero-order valence-corrected chi connectivity index (χ0v) is 11.3. The molecule has 0 aliphatic heterocycles. The number of nitrogens with two attached hydrogens (primary N) is 1. The van der Waals surface area contributed by atoms with Gasteiger partial charge >= 0.3 is 0 Å². The molecule has 0 saturated carbocycles. The van der Waals surface area contributed by atoms with E-state index in [4.69, 9.17) is 5.73 Å². The molecule has 3 nitrogen and oxygen atoms in total. The number of hydrogen-bond donors (Lipinski definition) is 2. The first-order valence-electron chi connectivity index (χ1n) is 5.77. The normalized spacial score (nSPS) is 13.8. The molecule has 0 aliphatic rings. The summed E-state index contributed by atoms with van der Waals surface area (Å²) in [5.74, 6) is -0.277. The number of anilines is 1. The van der Waals surface area contributed by atoms with Gasteiger partial charge in [-0.25, -0.2) is 8.60 Å². The molecular formula is C14H15FN2OS. The van der Waals surface area contributed by atoms with Crippen molar-refractivity contribution in [1.82, 2.24) is 0 Å². The summed E-state index contributed by atoms with van der Waals surface area (Å²) in [7, 11) is -1.10. The highest BCUT2D eigenvalue weighted by Gasteiger charge is 2.08. The van der Waals surface area contributed by atoms with Crippen molar-refractivity contribution in [2.75, 3.05) is 11.0 Å². The Hall–Kier alpha value is -1.72. The molecule has 2 rings (SSSR count). The average molecular weight is 278 g/mol. The molecule has 0 amide bonds. The van der Waals surface area contributed by atoms with Crippen LogP contribution in [0.5, 0.6) is 0 Å². The predicted molar refractivity (Wildman–Crippen MR) is 76.6 cm³/mol. The molecule has 2 aromatic rings. The molecular weight excluding hydrogens is 263 g/mol. The summed E-state index contributed by atoms with van der Waals surface area (Å²) in [6.07, 6.45) is 1.57. The van der Waals surface area contributed by atoms with E-state index in [2.05, 4.69) is 4.72 Å². The molecule has 0 fully saturated rings. The number of nitrogens with one attached hydrogen (secondary N) is 1. The molecule has 100 valence electrons. The molecule has 2 aromatic carbocycles. The number of hydrogen-bond acceptors (Lipinski definition) is 2. The second-order valence-corrected chi connectivity index (χ2v) is 5.32. The van der Waals surface area contributed by atoms with Crippen LogP contribution in [0.1, 0.15) is 17.2 Å². The lowest BCUT2D eigenvalue weighted by molar-refractivity contribution is 0.626. The van der Waals surface area contributed by atoms with E-state index < -0.39 is 11.0 Å². The summed E-state index contributed by atoms with van der Waals surface area (Å²) < 4.78 is 26.7. The van der Waals surface area contributed by atoms with Gasteiger partial charge in [-0.1, -0.05) is 24.3 Å². The highest BCUT2D eigenvalue weighted by atomic mass is 32.2. The van der Waals surface area contributed by atoms with Crippen LogP contribution in [0.2, 0.25) is 0 Å². The first-order valence-corrected chi connectivity index (χ1v) is 7.33. The van der Waals surface area contributed by atoms with Crippen LogP contribution in [-0.4, -0.2) is 10.5 Å². The molecule has 19 heavy (non-hydrogen) atoms. The zero-order valence-electron chi connectivity index (χ0n) is 10.5. The Morgan fingerprint density at radius 2 is 1.53 bits per heavy atom. The minimum absolute atomic E-state index is 0.277. The van der Waals surface area contributed by atoms with Gasteiger partial charge in [0.25, 0.3) is 0 Å². The molecule has 5 heteroatoms. The van der Waals surface area contributed by atoms with Crippen LogP contribution in [0.15, 0.2) is 48.5 Å². The molecule has 0 saturated heterocycles. The van der Waals surface area contributed by atoms with E-state index in [9.17, 15) is 8.60 Å². The maximum absolute atomic E-state index is 12.8. The van der Waals surface area contributed by atoms with Crippen LogP contribution in [0.25, 0.3) is 0 Å². The van der Waals surface area contributed by atoms with Gasteiger partial charge in [0.2, 0.25) is 0 Å². The fraction of sp³-hybridized carbons (Fsp3) is 0.143. The van der Waals surface area contributed by atoms with Gasteiger partial charge in [0.1, 0.15) is 16.8 Å². The second kappa shape index (κ2) is 5.95. The fourth-order valence-electron chi connectivity index (χ4n) is 1.79. The summed E-state index contributed by atoms with van der Waals surface area (Å²) in [4.78, 5) is 0. The van der Waals surface area contributed by atoms with Crippen LogP contribution >= 0.6 is 0 Å². The molecule has 0 radical (unpaired) electrons. The third kappa shape index (κ3) is 3.62. The lowest BCUT2D eigenvalue weighted by atomic mass is 9.99. The van der Waals surface area contributed by atoms with Crippen LogP contribution in [0.3, 0.4) is 0 Å². The van der Waals surface area contributed by atoms with E-state index in [-0.39, 0.29) is 11.9 Å². The Bertz CT molecular complexity index is 569. The molecule has 3 N–H and O–H groups in total. The van der Waals surface area contributed by atoms with Crippen LogP contribution in [0, 0.1) is 5.82 Å². The van der Waals surface area contributed by atoms with Gasteiger partial charge in [-0.15, -0.1) is 0 Å². The van der Waals surface area contributed by atoms with E-state index in [0.717, 1.165) is 16.8 Å². The van der Waals surface area contributed by atoms with Crippen LogP contribution < -0.4 is 10.5 Å². The van der Waals surface area contributed by atoms with Crippen molar-refractivity contribution in [2.24, 2.45) is 5.73 Å². The van der Waals surface area contributed by atoms with Crippen LogP contribution in [-0.2, 0) is 11.0 Å². The third-order valence-electron chi connectivity index (χ3n) is 2.76. The number of benzene rings is 2. The lowest BCUT2D eigenvalue weighted by Gasteiger charge is -2.13. The number of rotatable bonds is 4. The minimum atomic E-state index is -1.10. The lowest BCUT2D eigenvalue weighted by Crippen LogP contribution is -2.12. The van der Waals surface area contributed by atoms with E-state index in [1.165, 1.54) is 12.1 Å². The Kier molecular flexibility index (Phi) is 4.29. The monoisotopic (exact) mass is 278 g/mol. The highest BCUT2D eigenvalue weighted by molar-refractivity contribution is 7.85. The SMILES string of the molecule is CS(=O)Nc1ccc(C(N)c2ccc(F)cc2)cc1. The van der Waals surface area contributed by atoms with Crippen molar-refractivity contribution in [3.8, 4) is 0 Å². The van der Waals surface area contributed by atoms with Crippen LogP contribution in [0.4, 0.5) is 10.1 Å². The highest BCUT2D eigenvalue weighted by Crippen LogP contribution is 2.21.